The van der Waals surface area contributed by atoms with Crippen LogP contribution < -0.4 is 9.64 Å². The van der Waals surface area contributed by atoms with Crippen LogP contribution >= 0.6 is 0 Å². The number of hydrogen-bond donors (Lipinski definition) is 1. The van der Waals surface area contributed by atoms with Gasteiger partial charge in [-0.15, -0.1) is 0 Å². The topological polar surface area (TPSA) is 113 Å². The number of methoxy groups -OCH3 is 1. The highest BCUT2D eigenvalue weighted by Crippen LogP contribution is 2.24. The zero-order chi connectivity index (χ0) is 23.5. The van der Waals surface area contributed by atoms with Gasteiger partial charge in [0, 0.05) is 49.9 Å². The number of anilines is 1. The number of carbonyl (C=O) groups excluding carboxylic acids is 1. The summed E-state index contributed by atoms with van der Waals surface area (Å²) in [5, 5.41) is 11.2. The van der Waals surface area contributed by atoms with Crippen LogP contribution in [-0.2, 0) is 6.42 Å². The molecule has 174 valence electrons. The van der Waals surface area contributed by atoms with Crippen LogP contribution in [0.1, 0.15) is 23.3 Å². The van der Waals surface area contributed by atoms with E-state index in [4.69, 9.17) is 9.26 Å². The summed E-state index contributed by atoms with van der Waals surface area (Å²) in [4.78, 5) is 25.9. The third-order valence-electron chi connectivity index (χ3n) is 5.84. The molecule has 0 atom stereocenters. The maximum Gasteiger partial charge on any atom is 0.272 e. The lowest BCUT2D eigenvalue weighted by Gasteiger charge is -2.35. The van der Waals surface area contributed by atoms with E-state index in [1.54, 1.807) is 19.4 Å². The number of piperazine rings is 1. The number of hydrogen-bond acceptors (Lipinski definition) is 8. The van der Waals surface area contributed by atoms with Crippen LogP contribution in [0, 0.1) is 0 Å². The number of carbonyl (C=O) groups is 1. The molecule has 0 aliphatic carbocycles. The van der Waals surface area contributed by atoms with E-state index < -0.39 is 0 Å². The summed E-state index contributed by atoms with van der Waals surface area (Å²) in [6.45, 7) is 4.55. The second-order valence-corrected chi connectivity index (χ2v) is 7.95. The number of aromatic amines is 1. The van der Waals surface area contributed by atoms with Gasteiger partial charge >= 0.3 is 0 Å². The Bertz CT molecular complexity index is 1270. The molecule has 4 aromatic rings. The molecule has 1 aromatic carbocycles. The summed E-state index contributed by atoms with van der Waals surface area (Å²) in [6.07, 6.45) is 2.45. The van der Waals surface area contributed by atoms with Crippen molar-refractivity contribution in [2.75, 3.05) is 38.2 Å². The highest BCUT2D eigenvalue weighted by molar-refractivity contribution is 5.93. The van der Waals surface area contributed by atoms with E-state index in [1.807, 2.05) is 48.2 Å². The Morgan fingerprint density at radius 3 is 2.68 bits per heavy atom. The van der Waals surface area contributed by atoms with E-state index in [-0.39, 0.29) is 5.91 Å². The van der Waals surface area contributed by atoms with Crippen LogP contribution in [0.15, 0.2) is 53.2 Å². The minimum atomic E-state index is -0.0616. The molecule has 0 bridgehead atoms. The normalized spacial score (nSPS) is 13.8. The van der Waals surface area contributed by atoms with Crippen molar-refractivity contribution >= 4 is 11.7 Å². The van der Waals surface area contributed by atoms with Crippen molar-refractivity contribution < 1.29 is 14.1 Å². The Kier molecular flexibility index (Phi) is 5.94. The van der Waals surface area contributed by atoms with E-state index >= 15 is 0 Å². The van der Waals surface area contributed by atoms with Crippen molar-refractivity contribution in [3.8, 4) is 28.4 Å². The minimum absolute atomic E-state index is 0.0616. The molecule has 0 unspecified atom stereocenters. The maximum atomic E-state index is 13.0. The molecule has 5 rings (SSSR count). The lowest BCUT2D eigenvalue weighted by molar-refractivity contribution is 0.0740. The van der Waals surface area contributed by atoms with Gasteiger partial charge in [0.2, 0.25) is 11.7 Å². The van der Waals surface area contributed by atoms with E-state index in [0.717, 1.165) is 22.7 Å². The largest absolute Gasteiger partial charge is 0.497 e. The number of rotatable bonds is 6. The monoisotopic (exact) mass is 459 g/mol. The van der Waals surface area contributed by atoms with Gasteiger partial charge in [0.05, 0.1) is 12.8 Å². The molecule has 0 radical (unpaired) electrons. The summed E-state index contributed by atoms with van der Waals surface area (Å²) in [5.74, 6) is 2.69. The highest BCUT2D eigenvalue weighted by atomic mass is 16.5. The first kappa shape index (κ1) is 21.6. The number of ether oxygens (including phenoxy) is 1. The summed E-state index contributed by atoms with van der Waals surface area (Å²) in [7, 11) is 1.62. The molecular formula is C24H25N7O3. The van der Waals surface area contributed by atoms with Crippen LogP contribution in [-0.4, -0.2) is 69.4 Å². The molecule has 1 aliphatic heterocycles. The van der Waals surface area contributed by atoms with Gasteiger partial charge in [0.25, 0.3) is 5.91 Å². The first-order valence-electron chi connectivity index (χ1n) is 11.2. The van der Waals surface area contributed by atoms with Gasteiger partial charge in [0.1, 0.15) is 17.3 Å². The number of H-pyrrole nitrogens is 1. The van der Waals surface area contributed by atoms with Crippen LogP contribution in [0.25, 0.3) is 22.6 Å². The van der Waals surface area contributed by atoms with E-state index in [1.165, 1.54) is 0 Å². The molecule has 1 saturated heterocycles. The molecule has 1 amide bonds. The number of amides is 1. The quantitative estimate of drug-likeness (QED) is 0.468. The lowest BCUT2D eigenvalue weighted by Crippen LogP contribution is -2.49. The first-order valence-corrected chi connectivity index (χ1v) is 11.2. The second kappa shape index (κ2) is 9.34. The SMILES string of the molecule is CCc1nc(-c2ccc(N3CCN(C(=O)c4cc(-c5cccc(OC)c5)n[nH]4)CC3)nc2)no1. The van der Waals surface area contributed by atoms with Crippen molar-refractivity contribution in [3.05, 3.63) is 60.2 Å². The van der Waals surface area contributed by atoms with Gasteiger partial charge in [-0.3, -0.25) is 9.89 Å². The second-order valence-electron chi connectivity index (χ2n) is 7.95. The average Bonchev–Trinajstić information content (AvgIpc) is 3.59. The third-order valence-corrected chi connectivity index (χ3v) is 5.84. The molecule has 1 aliphatic rings. The highest BCUT2D eigenvalue weighted by Gasteiger charge is 2.24. The van der Waals surface area contributed by atoms with Gasteiger partial charge in [-0.2, -0.15) is 10.1 Å². The fraction of sp³-hybridized carbons (Fsp3) is 0.292. The maximum absolute atomic E-state index is 13.0. The Hall–Kier alpha value is -4.21. The summed E-state index contributed by atoms with van der Waals surface area (Å²) < 4.78 is 10.4. The standard InChI is InChI=1S/C24H25N7O3/c1-3-22-26-23(29-34-22)17-7-8-21(25-15-17)30-9-11-31(12-10-30)24(32)20-14-19(27-28-20)16-5-4-6-18(13-16)33-2/h4-8,13-15H,3,9-12H2,1-2H3,(H,27,28). The van der Waals surface area contributed by atoms with Crippen LogP contribution in [0.4, 0.5) is 5.82 Å². The van der Waals surface area contributed by atoms with Crippen molar-refractivity contribution in [2.45, 2.75) is 13.3 Å². The number of pyridine rings is 1. The molecule has 1 N–H and O–H groups in total. The number of nitrogens with zero attached hydrogens (tertiary/aromatic N) is 6. The van der Waals surface area contributed by atoms with Crippen molar-refractivity contribution in [2.24, 2.45) is 0 Å². The Labute approximate surface area is 196 Å². The minimum Gasteiger partial charge on any atom is -0.497 e. The predicted molar refractivity (Wildman–Crippen MR) is 126 cm³/mol. The van der Waals surface area contributed by atoms with Crippen molar-refractivity contribution in [1.82, 2.24) is 30.2 Å². The van der Waals surface area contributed by atoms with Crippen LogP contribution in [0.2, 0.25) is 0 Å². The number of nitrogens with one attached hydrogen (secondary N) is 1. The zero-order valence-corrected chi connectivity index (χ0v) is 19.1. The Morgan fingerprint density at radius 1 is 1.12 bits per heavy atom. The van der Waals surface area contributed by atoms with Crippen molar-refractivity contribution in [3.63, 3.8) is 0 Å². The lowest BCUT2D eigenvalue weighted by atomic mass is 10.1. The molecule has 10 heteroatoms. The Morgan fingerprint density at radius 2 is 1.97 bits per heavy atom. The average molecular weight is 460 g/mol. The predicted octanol–water partition coefficient (Wildman–Crippen LogP) is 3.06. The fourth-order valence-corrected chi connectivity index (χ4v) is 3.89. The fourth-order valence-electron chi connectivity index (χ4n) is 3.89. The molecule has 0 spiro atoms. The van der Waals surface area contributed by atoms with Gasteiger partial charge in [0.15, 0.2) is 0 Å². The smallest absolute Gasteiger partial charge is 0.272 e. The summed E-state index contributed by atoms with van der Waals surface area (Å²) in [5.41, 5.74) is 2.88. The molecule has 4 heterocycles. The number of benzene rings is 1. The third kappa shape index (κ3) is 4.34. The molecule has 0 saturated carbocycles. The van der Waals surface area contributed by atoms with Gasteiger partial charge in [-0.1, -0.05) is 24.2 Å². The van der Waals surface area contributed by atoms with E-state index in [2.05, 4.69) is 30.2 Å². The number of aromatic nitrogens is 5. The van der Waals surface area contributed by atoms with E-state index in [0.29, 0.717) is 55.7 Å². The molecule has 3 aromatic heterocycles. The number of aryl methyl sites for hydroxylation is 1. The van der Waals surface area contributed by atoms with Gasteiger partial charge in [-0.05, 0) is 30.3 Å². The molecule has 10 nitrogen and oxygen atoms in total. The van der Waals surface area contributed by atoms with Crippen LogP contribution in [0.5, 0.6) is 5.75 Å². The van der Waals surface area contributed by atoms with Gasteiger partial charge < -0.3 is 19.1 Å². The molecular weight excluding hydrogens is 434 g/mol. The summed E-state index contributed by atoms with van der Waals surface area (Å²) >= 11 is 0. The van der Waals surface area contributed by atoms with Gasteiger partial charge in [-0.25, -0.2) is 4.98 Å². The zero-order valence-electron chi connectivity index (χ0n) is 19.1. The van der Waals surface area contributed by atoms with Crippen LogP contribution in [0.3, 0.4) is 0 Å². The van der Waals surface area contributed by atoms with Crippen molar-refractivity contribution in [1.29, 1.82) is 0 Å². The molecule has 34 heavy (non-hydrogen) atoms. The summed E-state index contributed by atoms with van der Waals surface area (Å²) in [6, 6.07) is 13.3. The Balaban J connectivity index is 1.20. The molecule has 1 fully saturated rings. The van der Waals surface area contributed by atoms with E-state index in [9.17, 15) is 4.79 Å². The first-order chi connectivity index (χ1) is 16.6.